The molecule has 0 aliphatic carbocycles. The van der Waals surface area contributed by atoms with Gasteiger partial charge in [0.1, 0.15) is 5.15 Å². The van der Waals surface area contributed by atoms with E-state index in [2.05, 4.69) is 4.98 Å². The van der Waals surface area contributed by atoms with Crippen molar-refractivity contribution in [1.29, 1.82) is 0 Å². The van der Waals surface area contributed by atoms with Gasteiger partial charge in [-0.15, -0.1) is 0 Å². The molecule has 0 aliphatic heterocycles. The van der Waals surface area contributed by atoms with Crippen LogP contribution in [-0.4, -0.2) is 48.4 Å². The summed E-state index contributed by atoms with van der Waals surface area (Å²) in [5, 5.41) is 9.97. The molecule has 0 aromatic carbocycles. The van der Waals surface area contributed by atoms with Crippen molar-refractivity contribution >= 4 is 23.2 Å². The van der Waals surface area contributed by atoms with Gasteiger partial charge in [-0.2, -0.15) is 0 Å². The van der Waals surface area contributed by atoms with Gasteiger partial charge in [-0.1, -0.05) is 23.2 Å². The van der Waals surface area contributed by atoms with Gasteiger partial charge in [0, 0.05) is 26.7 Å². The Hall–Kier alpha value is -0.390. The molecule has 0 amide bonds. The molecule has 0 bridgehead atoms. The highest BCUT2D eigenvalue weighted by molar-refractivity contribution is 6.32. The maximum Gasteiger partial charge on any atom is 0.129 e. The number of methoxy groups -OCH3 is 1. The molecule has 1 rings (SSSR count). The molecule has 1 N–H and O–H groups in total. The molecule has 6 heteroatoms. The highest BCUT2D eigenvalue weighted by atomic mass is 35.5. The molecule has 1 aromatic rings. The summed E-state index contributed by atoms with van der Waals surface area (Å²) in [7, 11) is 1.64. The molecule has 4 nitrogen and oxygen atoms in total. The molecule has 0 saturated carbocycles. The summed E-state index contributed by atoms with van der Waals surface area (Å²) in [5.74, 6) is 0. The normalized spacial score (nSPS) is 11.1. The molecule has 0 unspecified atom stereocenters. The molecule has 0 aliphatic rings. The highest BCUT2D eigenvalue weighted by Crippen LogP contribution is 2.18. The summed E-state index contributed by atoms with van der Waals surface area (Å²) in [5.41, 5.74) is 0.712. The van der Waals surface area contributed by atoms with Crippen molar-refractivity contribution in [2.75, 3.05) is 33.4 Å². The van der Waals surface area contributed by atoms with Crippen LogP contribution in [0.4, 0.5) is 0 Å². The first-order valence-electron chi connectivity index (χ1n) is 5.30. The van der Waals surface area contributed by atoms with Crippen LogP contribution < -0.4 is 0 Å². The fourth-order valence-electron chi connectivity index (χ4n) is 1.41. The second kappa shape index (κ2) is 7.84. The van der Waals surface area contributed by atoms with E-state index < -0.39 is 0 Å². The Labute approximate surface area is 111 Å². The maximum absolute atomic E-state index is 8.98. The number of hydrogen-bond donors (Lipinski definition) is 1. The maximum atomic E-state index is 8.98. The summed E-state index contributed by atoms with van der Waals surface area (Å²) < 4.78 is 5.01. The van der Waals surface area contributed by atoms with Crippen molar-refractivity contribution in [2.24, 2.45) is 0 Å². The van der Waals surface area contributed by atoms with E-state index in [-0.39, 0.29) is 6.61 Å². The Kier molecular flexibility index (Phi) is 6.77. The average Bonchev–Trinajstić information content (AvgIpc) is 2.31. The highest BCUT2D eigenvalue weighted by Gasteiger charge is 2.10. The third-order valence-corrected chi connectivity index (χ3v) is 2.84. The smallest absolute Gasteiger partial charge is 0.129 e. The summed E-state index contributed by atoms with van der Waals surface area (Å²) in [6.07, 6.45) is 0. The zero-order valence-corrected chi connectivity index (χ0v) is 11.2. The van der Waals surface area contributed by atoms with Crippen LogP contribution in [0.5, 0.6) is 0 Å². The van der Waals surface area contributed by atoms with Crippen molar-refractivity contribution in [3.63, 3.8) is 0 Å². The molecular formula is C11H16Cl2N2O2. The Balaban J connectivity index is 2.67. The molecule has 1 heterocycles. The van der Waals surface area contributed by atoms with Crippen molar-refractivity contribution in [1.82, 2.24) is 9.88 Å². The van der Waals surface area contributed by atoms with Gasteiger partial charge in [0.2, 0.25) is 0 Å². The van der Waals surface area contributed by atoms with E-state index in [4.69, 9.17) is 33.0 Å². The predicted molar refractivity (Wildman–Crippen MR) is 68.5 cm³/mol. The largest absolute Gasteiger partial charge is 0.395 e. The first-order valence-corrected chi connectivity index (χ1v) is 6.06. The zero-order valence-electron chi connectivity index (χ0n) is 9.70. The number of aliphatic hydroxyl groups excluding tert-OH is 1. The van der Waals surface area contributed by atoms with E-state index >= 15 is 0 Å². The summed E-state index contributed by atoms with van der Waals surface area (Å²) in [4.78, 5) is 6.18. The van der Waals surface area contributed by atoms with E-state index in [1.165, 1.54) is 0 Å². The minimum absolute atomic E-state index is 0.0852. The summed E-state index contributed by atoms with van der Waals surface area (Å²) in [6, 6.07) is 3.37. The molecule has 1 aromatic heterocycles. The van der Waals surface area contributed by atoms with Crippen molar-refractivity contribution in [2.45, 2.75) is 6.54 Å². The lowest BCUT2D eigenvalue weighted by Gasteiger charge is -2.20. The van der Waals surface area contributed by atoms with Gasteiger partial charge in [-0.25, -0.2) is 4.98 Å². The van der Waals surface area contributed by atoms with Gasteiger partial charge in [0.15, 0.2) is 0 Å². The molecule has 96 valence electrons. The van der Waals surface area contributed by atoms with E-state index in [0.29, 0.717) is 42.1 Å². The molecule has 0 spiro atoms. The number of ether oxygens (including phenoxy) is 1. The quantitative estimate of drug-likeness (QED) is 0.773. The van der Waals surface area contributed by atoms with Crippen LogP contribution in [0.1, 0.15) is 5.69 Å². The number of nitrogens with zero attached hydrogens (tertiary/aromatic N) is 2. The average molecular weight is 279 g/mol. The topological polar surface area (TPSA) is 45.6 Å². The number of aliphatic hydroxyl groups is 1. The minimum atomic E-state index is 0.0852. The van der Waals surface area contributed by atoms with E-state index in [1.54, 1.807) is 19.2 Å². The van der Waals surface area contributed by atoms with Crippen LogP contribution in [0.15, 0.2) is 12.1 Å². The van der Waals surface area contributed by atoms with E-state index in [0.717, 1.165) is 0 Å². The van der Waals surface area contributed by atoms with Crippen molar-refractivity contribution in [3.05, 3.63) is 28.0 Å². The minimum Gasteiger partial charge on any atom is -0.395 e. The van der Waals surface area contributed by atoms with Crippen LogP contribution in [0.2, 0.25) is 10.2 Å². The third kappa shape index (κ3) is 5.19. The number of halogens is 2. The van der Waals surface area contributed by atoms with Crippen LogP contribution >= 0.6 is 23.2 Å². The molecule has 17 heavy (non-hydrogen) atoms. The number of rotatable bonds is 7. The lowest BCUT2D eigenvalue weighted by molar-refractivity contribution is 0.126. The summed E-state index contributed by atoms with van der Waals surface area (Å²) >= 11 is 11.9. The first-order chi connectivity index (χ1) is 8.17. The second-order valence-corrected chi connectivity index (χ2v) is 4.35. The van der Waals surface area contributed by atoms with Gasteiger partial charge in [-0.05, 0) is 12.1 Å². The van der Waals surface area contributed by atoms with E-state index in [9.17, 15) is 0 Å². The van der Waals surface area contributed by atoms with Crippen LogP contribution in [0, 0.1) is 0 Å². The Morgan fingerprint density at radius 1 is 1.35 bits per heavy atom. The predicted octanol–water partition coefficient (Wildman–Crippen LogP) is 1.83. The molecule has 0 saturated heterocycles. The zero-order chi connectivity index (χ0) is 12.7. The molecular weight excluding hydrogens is 263 g/mol. The lowest BCUT2D eigenvalue weighted by atomic mass is 10.3. The molecule has 0 radical (unpaired) electrons. The number of hydrogen-bond acceptors (Lipinski definition) is 4. The van der Waals surface area contributed by atoms with Gasteiger partial charge in [0.05, 0.1) is 23.9 Å². The number of aromatic nitrogens is 1. The van der Waals surface area contributed by atoms with Gasteiger partial charge in [0.25, 0.3) is 0 Å². The van der Waals surface area contributed by atoms with Gasteiger partial charge < -0.3 is 9.84 Å². The first kappa shape index (κ1) is 14.7. The van der Waals surface area contributed by atoms with Crippen LogP contribution in [0.25, 0.3) is 0 Å². The second-order valence-electron chi connectivity index (χ2n) is 3.56. The molecule has 0 fully saturated rings. The van der Waals surface area contributed by atoms with Crippen molar-refractivity contribution < 1.29 is 9.84 Å². The Morgan fingerprint density at radius 2 is 2.12 bits per heavy atom. The standard InChI is InChI=1S/C11H16Cl2N2O2/c1-17-7-5-15(4-6-16)8-10-9(12)2-3-11(13)14-10/h2-3,16H,4-8H2,1H3. The van der Waals surface area contributed by atoms with Crippen molar-refractivity contribution in [3.8, 4) is 0 Å². The Bertz CT molecular complexity index is 350. The Morgan fingerprint density at radius 3 is 2.76 bits per heavy atom. The van der Waals surface area contributed by atoms with Gasteiger partial charge >= 0.3 is 0 Å². The van der Waals surface area contributed by atoms with Crippen LogP contribution in [-0.2, 0) is 11.3 Å². The third-order valence-electron chi connectivity index (χ3n) is 2.29. The van der Waals surface area contributed by atoms with Crippen LogP contribution in [0.3, 0.4) is 0 Å². The molecule has 0 atom stereocenters. The SMILES string of the molecule is COCCN(CCO)Cc1nc(Cl)ccc1Cl. The number of pyridine rings is 1. The summed E-state index contributed by atoms with van der Waals surface area (Å²) in [6.45, 7) is 2.48. The van der Waals surface area contributed by atoms with Gasteiger partial charge in [-0.3, -0.25) is 4.90 Å². The fraction of sp³-hybridized carbons (Fsp3) is 0.545. The van der Waals surface area contributed by atoms with E-state index in [1.807, 2.05) is 4.90 Å². The monoisotopic (exact) mass is 278 g/mol. The lowest BCUT2D eigenvalue weighted by Crippen LogP contribution is -2.30. The fourth-order valence-corrected chi connectivity index (χ4v) is 1.74.